The van der Waals surface area contributed by atoms with Crippen molar-refractivity contribution in [2.24, 2.45) is 0 Å². The van der Waals surface area contributed by atoms with Gasteiger partial charge in [0.15, 0.2) is 0 Å². The fourth-order valence-corrected chi connectivity index (χ4v) is 4.86. The molecule has 2 aromatic carbocycles. The van der Waals surface area contributed by atoms with Crippen LogP contribution in [0, 0.1) is 0 Å². The number of rotatable bonds is 3. The molecule has 0 saturated heterocycles. The topological polar surface area (TPSA) is 43.4 Å². The van der Waals surface area contributed by atoms with Gasteiger partial charge in [-0.3, -0.25) is 0 Å². The van der Waals surface area contributed by atoms with Crippen LogP contribution in [0.3, 0.4) is 0 Å². The average molecular weight is 314 g/mol. The van der Waals surface area contributed by atoms with Gasteiger partial charge in [-0.25, -0.2) is 9.59 Å². The first-order valence-electron chi connectivity index (χ1n) is 6.28. The molecular formula is C16H11O3PS. The van der Waals surface area contributed by atoms with E-state index in [9.17, 15) is 9.59 Å². The number of hydrogen-bond acceptors (Lipinski definition) is 4. The van der Waals surface area contributed by atoms with Crippen molar-refractivity contribution in [3.8, 4) is 0 Å². The highest BCUT2D eigenvalue weighted by Crippen LogP contribution is 2.48. The Labute approximate surface area is 128 Å². The summed E-state index contributed by atoms with van der Waals surface area (Å²) in [6.07, 6.45) is 0. The Bertz CT molecular complexity index is 686. The molecule has 2 aromatic rings. The van der Waals surface area contributed by atoms with Gasteiger partial charge >= 0.3 is 11.9 Å². The molecule has 0 N–H and O–H groups in total. The first kappa shape index (κ1) is 14.1. The van der Waals surface area contributed by atoms with Crippen LogP contribution in [0.15, 0.2) is 70.9 Å². The van der Waals surface area contributed by atoms with E-state index in [0.29, 0.717) is 5.31 Å². The minimum atomic E-state index is -1.15. The third-order valence-electron chi connectivity index (χ3n) is 3.05. The number of benzene rings is 2. The van der Waals surface area contributed by atoms with E-state index in [1.807, 2.05) is 60.7 Å². The van der Waals surface area contributed by atoms with Crippen LogP contribution in [0.25, 0.3) is 0 Å². The summed E-state index contributed by atoms with van der Waals surface area (Å²) in [6, 6.07) is 19.3. The molecule has 0 fully saturated rings. The summed E-state index contributed by atoms with van der Waals surface area (Å²) in [5, 5.41) is 2.31. The average Bonchev–Trinajstić information content (AvgIpc) is 2.76. The molecule has 0 amide bonds. The summed E-state index contributed by atoms with van der Waals surface area (Å²) < 4.78 is 4.70. The van der Waals surface area contributed by atoms with Gasteiger partial charge in [0.1, 0.15) is 4.91 Å². The third-order valence-corrected chi connectivity index (χ3v) is 6.11. The molecule has 0 unspecified atom stereocenters. The molecule has 3 nitrogen and oxygen atoms in total. The van der Waals surface area contributed by atoms with Gasteiger partial charge in [0, 0.05) is 0 Å². The largest absolute Gasteiger partial charge is 0.385 e. The second-order valence-electron chi connectivity index (χ2n) is 4.38. The molecule has 1 heterocycles. The van der Waals surface area contributed by atoms with Crippen LogP contribution in [0.1, 0.15) is 0 Å². The molecule has 0 aliphatic carbocycles. The standard InChI is InChI=1S/C16H11O3PS/c17-15-13(14(21)16(18)19-15)20(11-7-3-1-4-8-11)12-9-5-2-6-10-12/h1-10,21H. The van der Waals surface area contributed by atoms with Crippen LogP contribution in [-0.4, -0.2) is 11.9 Å². The van der Waals surface area contributed by atoms with Crippen LogP contribution >= 0.6 is 20.6 Å². The first-order valence-corrected chi connectivity index (χ1v) is 8.07. The van der Waals surface area contributed by atoms with Crippen LogP contribution in [-0.2, 0) is 14.3 Å². The predicted octanol–water partition coefficient (Wildman–Crippen LogP) is 2.34. The molecule has 5 heteroatoms. The van der Waals surface area contributed by atoms with Gasteiger partial charge in [-0.15, -0.1) is 12.6 Å². The Balaban J connectivity index is 2.19. The maximum Gasteiger partial charge on any atom is 0.353 e. The van der Waals surface area contributed by atoms with Crippen molar-refractivity contribution in [2.75, 3.05) is 0 Å². The number of ether oxygens (including phenoxy) is 1. The second-order valence-corrected chi connectivity index (χ2v) is 6.98. The lowest BCUT2D eigenvalue weighted by Crippen LogP contribution is -2.16. The molecule has 0 bridgehead atoms. The Morgan fingerprint density at radius 2 is 1.24 bits per heavy atom. The van der Waals surface area contributed by atoms with Gasteiger partial charge in [-0.05, 0) is 18.5 Å². The molecule has 0 radical (unpaired) electrons. The molecule has 1 aliphatic heterocycles. The van der Waals surface area contributed by atoms with Crippen molar-refractivity contribution in [1.29, 1.82) is 0 Å². The van der Waals surface area contributed by atoms with Crippen molar-refractivity contribution in [3.05, 3.63) is 70.9 Å². The number of esters is 2. The minimum Gasteiger partial charge on any atom is -0.385 e. The maximum absolute atomic E-state index is 12.0. The van der Waals surface area contributed by atoms with Crippen LogP contribution in [0.2, 0.25) is 0 Å². The number of carbonyl (C=O) groups excluding carboxylic acids is 2. The molecule has 0 saturated carbocycles. The van der Waals surface area contributed by atoms with Crippen molar-refractivity contribution >= 4 is 43.1 Å². The Kier molecular flexibility index (Phi) is 3.91. The van der Waals surface area contributed by atoms with E-state index in [4.69, 9.17) is 4.74 Å². The quantitative estimate of drug-likeness (QED) is 0.409. The lowest BCUT2D eigenvalue weighted by atomic mass is 10.4. The smallest absolute Gasteiger partial charge is 0.353 e. The molecule has 0 spiro atoms. The highest BCUT2D eigenvalue weighted by Gasteiger charge is 2.37. The third kappa shape index (κ3) is 2.65. The fraction of sp³-hybridized carbons (Fsp3) is 0. The van der Waals surface area contributed by atoms with Crippen LogP contribution < -0.4 is 10.6 Å². The summed E-state index contributed by atoms with van der Waals surface area (Å²) >= 11 is 4.18. The number of carbonyl (C=O) groups is 2. The Morgan fingerprint density at radius 3 is 1.62 bits per heavy atom. The van der Waals surface area contributed by atoms with Crippen LogP contribution in [0.4, 0.5) is 0 Å². The Hall–Kier alpha value is -1.90. The van der Waals surface area contributed by atoms with E-state index in [0.717, 1.165) is 10.6 Å². The van der Waals surface area contributed by atoms with Gasteiger partial charge < -0.3 is 4.74 Å². The number of thiol groups is 1. The fourth-order valence-electron chi connectivity index (χ4n) is 2.13. The van der Waals surface area contributed by atoms with Gasteiger partial charge in [0.2, 0.25) is 0 Å². The highest BCUT2D eigenvalue weighted by atomic mass is 32.1. The van der Waals surface area contributed by atoms with Crippen LogP contribution in [0.5, 0.6) is 0 Å². The minimum absolute atomic E-state index is 0.110. The first-order chi connectivity index (χ1) is 10.2. The summed E-state index contributed by atoms with van der Waals surface area (Å²) in [4.78, 5) is 23.8. The second kappa shape index (κ2) is 5.84. The summed E-state index contributed by atoms with van der Waals surface area (Å²) in [5.74, 6) is -1.26. The molecule has 1 aliphatic rings. The Morgan fingerprint density at radius 1 is 0.762 bits per heavy atom. The molecule has 0 atom stereocenters. The molecule has 0 aromatic heterocycles. The van der Waals surface area contributed by atoms with Gasteiger partial charge in [0.25, 0.3) is 0 Å². The van der Waals surface area contributed by atoms with Crippen molar-refractivity contribution in [1.82, 2.24) is 0 Å². The van der Waals surface area contributed by atoms with E-state index in [1.54, 1.807) is 0 Å². The van der Waals surface area contributed by atoms with Crippen molar-refractivity contribution in [2.45, 2.75) is 0 Å². The lowest BCUT2D eigenvalue weighted by Gasteiger charge is -2.18. The van der Waals surface area contributed by atoms with Crippen molar-refractivity contribution < 1.29 is 14.3 Å². The molecular weight excluding hydrogens is 303 g/mol. The van der Waals surface area contributed by atoms with Crippen molar-refractivity contribution in [3.63, 3.8) is 0 Å². The van der Waals surface area contributed by atoms with E-state index in [1.165, 1.54) is 0 Å². The predicted molar refractivity (Wildman–Crippen MR) is 86.2 cm³/mol. The highest BCUT2D eigenvalue weighted by molar-refractivity contribution is 7.87. The summed E-state index contributed by atoms with van der Waals surface area (Å²) in [6.45, 7) is 0. The van der Waals surface area contributed by atoms with E-state index >= 15 is 0 Å². The number of hydrogen-bond donors (Lipinski definition) is 1. The lowest BCUT2D eigenvalue weighted by molar-refractivity contribution is -0.150. The zero-order valence-electron chi connectivity index (χ0n) is 10.9. The van der Waals surface area contributed by atoms with E-state index in [2.05, 4.69) is 12.6 Å². The maximum atomic E-state index is 12.0. The molecule has 3 rings (SSSR count). The van der Waals surface area contributed by atoms with E-state index in [-0.39, 0.29) is 4.91 Å². The normalized spacial score (nSPS) is 14.8. The zero-order valence-corrected chi connectivity index (χ0v) is 12.7. The monoisotopic (exact) mass is 314 g/mol. The zero-order chi connectivity index (χ0) is 14.8. The van der Waals surface area contributed by atoms with Gasteiger partial charge in [-0.1, -0.05) is 60.7 Å². The molecule has 21 heavy (non-hydrogen) atoms. The SMILES string of the molecule is O=C1OC(=O)C(P(c2ccccc2)c2ccccc2)=C1S. The summed E-state index contributed by atoms with van der Waals surface area (Å²) in [5.41, 5.74) is 0. The molecule has 104 valence electrons. The van der Waals surface area contributed by atoms with Gasteiger partial charge in [-0.2, -0.15) is 0 Å². The van der Waals surface area contributed by atoms with E-state index < -0.39 is 19.9 Å². The van der Waals surface area contributed by atoms with Gasteiger partial charge in [0.05, 0.1) is 5.31 Å². The summed E-state index contributed by atoms with van der Waals surface area (Å²) in [7, 11) is -1.15. The number of cyclic esters (lactones) is 2.